The first-order chi connectivity index (χ1) is 9.83. The van der Waals surface area contributed by atoms with Gasteiger partial charge in [0.15, 0.2) is 0 Å². The van der Waals surface area contributed by atoms with Gasteiger partial charge in [-0.05, 0) is 42.2 Å². The molecule has 0 aliphatic carbocycles. The minimum Gasteiger partial charge on any atom is -0.391 e. The van der Waals surface area contributed by atoms with Gasteiger partial charge >= 0.3 is 0 Å². The number of aliphatic hydroxyl groups excluding tert-OH is 1. The second-order valence-corrected chi connectivity index (χ2v) is 5.31. The molecule has 0 unspecified atom stereocenters. The van der Waals surface area contributed by atoms with Crippen molar-refractivity contribution in [2.75, 3.05) is 6.54 Å². The van der Waals surface area contributed by atoms with Crippen LogP contribution in [0.2, 0.25) is 0 Å². The molecule has 1 aliphatic heterocycles. The van der Waals surface area contributed by atoms with Crippen molar-refractivity contribution in [3.63, 3.8) is 0 Å². The molecule has 4 heteroatoms. The van der Waals surface area contributed by atoms with Crippen molar-refractivity contribution in [3.8, 4) is 0 Å². The van der Waals surface area contributed by atoms with E-state index >= 15 is 0 Å². The van der Waals surface area contributed by atoms with Gasteiger partial charge in [0.2, 0.25) is 0 Å². The van der Waals surface area contributed by atoms with E-state index < -0.39 is 0 Å². The molecule has 1 aliphatic rings. The molecule has 1 N–H and O–H groups in total. The summed E-state index contributed by atoms with van der Waals surface area (Å²) in [4.78, 5) is 10.5. The normalized spacial score (nSPS) is 23.1. The number of hydrogen-bond acceptors (Lipinski definition) is 4. The fourth-order valence-electron chi connectivity index (χ4n) is 2.85. The van der Waals surface area contributed by atoms with Crippen molar-refractivity contribution in [3.05, 3.63) is 60.2 Å². The average molecular weight is 269 g/mol. The Balaban J connectivity index is 1.70. The Morgan fingerprint density at radius 2 is 1.95 bits per heavy atom. The van der Waals surface area contributed by atoms with Crippen LogP contribution in [0, 0.1) is 0 Å². The van der Waals surface area contributed by atoms with Gasteiger partial charge in [0.05, 0.1) is 6.10 Å². The van der Waals surface area contributed by atoms with Gasteiger partial charge in [-0.15, -0.1) is 0 Å². The van der Waals surface area contributed by atoms with Gasteiger partial charge < -0.3 is 5.11 Å². The third-order valence-corrected chi connectivity index (χ3v) is 3.93. The molecule has 4 nitrogen and oxygen atoms in total. The van der Waals surface area contributed by atoms with Crippen LogP contribution in [0.5, 0.6) is 0 Å². The Bertz CT molecular complexity index is 532. The molecule has 0 spiro atoms. The highest BCUT2D eigenvalue weighted by Gasteiger charge is 2.32. The molecule has 1 saturated heterocycles. The van der Waals surface area contributed by atoms with E-state index in [1.54, 1.807) is 6.20 Å². The van der Waals surface area contributed by atoms with Crippen LogP contribution in [-0.2, 0) is 13.0 Å². The highest BCUT2D eigenvalue weighted by Crippen LogP contribution is 2.23. The second kappa shape index (κ2) is 6.11. The predicted octanol–water partition coefficient (Wildman–Crippen LogP) is 1.65. The molecule has 0 radical (unpaired) electrons. The van der Waals surface area contributed by atoms with E-state index in [4.69, 9.17) is 0 Å². The fourth-order valence-corrected chi connectivity index (χ4v) is 2.85. The maximum atomic E-state index is 10.2. The summed E-state index contributed by atoms with van der Waals surface area (Å²) in [5, 5.41) is 10.2. The first kappa shape index (κ1) is 13.2. The Morgan fingerprint density at radius 3 is 2.70 bits per heavy atom. The third-order valence-electron chi connectivity index (χ3n) is 3.93. The maximum Gasteiger partial charge on any atom is 0.0710 e. The number of aromatic nitrogens is 2. The van der Waals surface area contributed by atoms with Gasteiger partial charge in [0, 0.05) is 43.9 Å². The van der Waals surface area contributed by atoms with Crippen LogP contribution in [0.25, 0.3) is 0 Å². The SMILES string of the molecule is O[C@@H]1CCN(Cc2cccnc2)[C@@H]1Cc1ccncc1. The lowest BCUT2D eigenvalue weighted by Crippen LogP contribution is -2.36. The van der Waals surface area contributed by atoms with Crippen molar-refractivity contribution in [1.29, 1.82) is 0 Å². The van der Waals surface area contributed by atoms with Crippen molar-refractivity contribution in [1.82, 2.24) is 14.9 Å². The Morgan fingerprint density at radius 1 is 1.10 bits per heavy atom. The summed E-state index contributed by atoms with van der Waals surface area (Å²) in [5.41, 5.74) is 2.42. The Hall–Kier alpha value is -1.78. The van der Waals surface area contributed by atoms with Crippen LogP contribution in [0.4, 0.5) is 0 Å². The molecule has 0 bridgehead atoms. The summed E-state index contributed by atoms with van der Waals surface area (Å²) in [6, 6.07) is 8.26. The summed E-state index contributed by atoms with van der Waals surface area (Å²) in [5.74, 6) is 0. The molecule has 2 aromatic rings. The van der Waals surface area contributed by atoms with E-state index in [1.807, 2.05) is 36.8 Å². The van der Waals surface area contributed by atoms with Crippen LogP contribution in [0.1, 0.15) is 17.5 Å². The zero-order valence-corrected chi connectivity index (χ0v) is 11.4. The summed E-state index contributed by atoms with van der Waals surface area (Å²) in [6.07, 6.45) is 8.76. The summed E-state index contributed by atoms with van der Waals surface area (Å²) in [7, 11) is 0. The standard InChI is InChI=1S/C16H19N3O/c20-16-5-9-19(12-14-2-1-6-18-11-14)15(16)10-13-3-7-17-8-4-13/h1-4,6-8,11,15-16,20H,5,9-10,12H2/t15-,16-/m1/s1. The number of nitrogens with zero attached hydrogens (tertiary/aromatic N) is 3. The zero-order chi connectivity index (χ0) is 13.8. The van der Waals surface area contributed by atoms with E-state index in [2.05, 4.69) is 20.9 Å². The lowest BCUT2D eigenvalue weighted by molar-refractivity contribution is 0.112. The van der Waals surface area contributed by atoms with E-state index in [9.17, 15) is 5.11 Å². The van der Waals surface area contributed by atoms with Gasteiger partial charge in [-0.25, -0.2) is 0 Å². The van der Waals surface area contributed by atoms with Gasteiger partial charge in [-0.1, -0.05) is 6.07 Å². The number of likely N-dealkylation sites (tertiary alicyclic amines) is 1. The predicted molar refractivity (Wildman–Crippen MR) is 77.0 cm³/mol. The minimum absolute atomic E-state index is 0.178. The van der Waals surface area contributed by atoms with E-state index in [0.29, 0.717) is 0 Å². The van der Waals surface area contributed by atoms with Gasteiger partial charge in [-0.2, -0.15) is 0 Å². The molecular weight excluding hydrogens is 250 g/mol. The van der Waals surface area contributed by atoms with Gasteiger partial charge in [0.25, 0.3) is 0 Å². The van der Waals surface area contributed by atoms with Crippen LogP contribution < -0.4 is 0 Å². The monoisotopic (exact) mass is 269 g/mol. The first-order valence-electron chi connectivity index (χ1n) is 7.03. The number of rotatable bonds is 4. The molecule has 3 rings (SSSR count). The van der Waals surface area contributed by atoms with Crippen molar-refractivity contribution in [2.24, 2.45) is 0 Å². The molecule has 0 amide bonds. The minimum atomic E-state index is -0.250. The van der Waals surface area contributed by atoms with Crippen LogP contribution in [-0.4, -0.2) is 38.7 Å². The second-order valence-electron chi connectivity index (χ2n) is 5.31. The van der Waals surface area contributed by atoms with E-state index in [-0.39, 0.29) is 12.1 Å². The molecule has 1 fully saturated rings. The van der Waals surface area contributed by atoms with Crippen LogP contribution in [0.15, 0.2) is 49.1 Å². The summed E-state index contributed by atoms with van der Waals surface area (Å²) in [6.45, 7) is 1.78. The van der Waals surface area contributed by atoms with E-state index in [1.165, 1.54) is 11.1 Å². The average Bonchev–Trinajstić information content (AvgIpc) is 2.83. The molecule has 3 heterocycles. The molecule has 20 heavy (non-hydrogen) atoms. The number of pyridine rings is 2. The smallest absolute Gasteiger partial charge is 0.0710 e. The number of hydrogen-bond donors (Lipinski definition) is 1. The highest BCUT2D eigenvalue weighted by atomic mass is 16.3. The molecule has 0 aromatic carbocycles. The van der Waals surface area contributed by atoms with Crippen molar-refractivity contribution < 1.29 is 5.11 Å². The van der Waals surface area contributed by atoms with Gasteiger partial charge in [0.1, 0.15) is 0 Å². The number of aliphatic hydroxyl groups is 1. The fraction of sp³-hybridized carbons (Fsp3) is 0.375. The maximum absolute atomic E-state index is 10.2. The molecule has 2 aromatic heterocycles. The highest BCUT2D eigenvalue weighted by molar-refractivity contribution is 5.14. The Labute approximate surface area is 119 Å². The topological polar surface area (TPSA) is 49.2 Å². The van der Waals surface area contributed by atoms with Crippen molar-refractivity contribution >= 4 is 0 Å². The largest absolute Gasteiger partial charge is 0.391 e. The van der Waals surface area contributed by atoms with Crippen LogP contribution >= 0.6 is 0 Å². The van der Waals surface area contributed by atoms with Crippen LogP contribution in [0.3, 0.4) is 0 Å². The third kappa shape index (κ3) is 3.03. The zero-order valence-electron chi connectivity index (χ0n) is 11.4. The molecular formula is C16H19N3O. The molecule has 104 valence electrons. The first-order valence-corrected chi connectivity index (χ1v) is 7.03. The van der Waals surface area contributed by atoms with E-state index in [0.717, 1.165) is 25.9 Å². The molecule has 0 saturated carbocycles. The summed E-state index contributed by atoms with van der Waals surface area (Å²) < 4.78 is 0. The Kier molecular flexibility index (Phi) is 4.04. The lowest BCUT2D eigenvalue weighted by atomic mass is 10.0. The quantitative estimate of drug-likeness (QED) is 0.917. The lowest BCUT2D eigenvalue weighted by Gasteiger charge is -2.26. The summed E-state index contributed by atoms with van der Waals surface area (Å²) >= 11 is 0. The van der Waals surface area contributed by atoms with Crippen molar-refractivity contribution in [2.45, 2.75) is 31.5 Å². The van der Waals surface area contributed by atoms with Gasteiger partial charge in [-0.3, -0.25) is 14.9 Å². The molecule has 2 atom stereocenters.